The summed E-state index contributed by atoms with van der Waals surface area (Å²) in [4.78, 5) is 22.5. The summed E-state index contributed by atoms with van der Waals surface area (Å²) in [5.74, 6) is 0.701. The quantitative estimate of drug-likeness (QED) is 0.336. The normalized spacial score (nSPS) is 18.5. The van der Waals surface area contributed by atoms with Crippen LogP contribution in [-0.4, -0.2) is 72.1 Å². The summed E-state index contributed by atoms with van der Waals surface area (Å²) in [6.45, 7) is 23.9. The number of hydrogen-bond acceptors (Lipinski definition) is 5. The largest absolute Gasteiger partial charge is 0.444 e. The monoisotopic (exact) mass is 572 g/mol. The second kappa shape index (κ2) is 11.2. The molecule has 2 aliphatic heterocycles. The van der Waals surface area contributed by atoms with Crippen molar-refractivity contribution >= 4 is 14.4 Å². The third-order valence-corrected chi connectivity index (χ3v) is 13.2. The van der Waals surface area contributed by atoms with E-state index in [0.29, 0.717) is 31.5 Å². The van der Waals surface area contributed by atoms with Gasteiger partial charge in [-0.2, -0.15) is 0 Å². The number of likely N-dealkylation sites (tertiary alicyclic amines) is 2. The lowest BCUT2D eigenvalue weighted by Crippen LogP contribution is -2.55. The number of halogens is 1. The van der Waals surface area contributed by atoms with E-state index in [9.17, 15) is 9.18 Å². The molecule has 0 atom stereocenters. The van der Waals surface area contributed by atoms with Crippen molar-refractivity contribution in [2.75, 3.05) is 32.7 Å². The number of carbonyl (C=O) groups is 1. The number of benzene rings is 1. The zero-order valence-corrected chi connectivity index (χ0v) is 27.1. The van der Waals surface area contributed by atoms with Gasteiger partial charge in [0.15, 0.2) is 8.32 Å². The summed E-state index contributed by atoms with van der Waals surface area (Å²) in [6.07, 6.45) is 4.36. The standard InChI is InChI=1S/C31H49FN4O3Si/c1-23-21-24(11-12-25(23)32)26-22-36(20-19-34-15-10-16-34)27(33-26)31(39-40(8,9)30(5,6)7)13-17-35(18-14-31)28(37)38-29(2,3)4/h11-12,21-22H,10,13-20H2,1-9H3. The highest BCUT2D eigenvalue weighted by Crippen LogP contribution is 2.46. The molecule has 2 fully saturated rings. The molecule has 3 heterocycles. The number of nitrogens with zero attached hydrogens (tertiary/aromatic N) is 4. The Bertz CT molecular complexity index is 1200. The minimum atomic E-state index is -2.23. The van der Waals surface area contributed by atoms with Crippen LogP contribution in [-0.2, 0) is 21.3 Å². The van der Waals surface area contributed by atoms with Gasteiger partial charge in [-0.1, -0.05) is 20.8 Å². The van der Waals surface area contributed by atoms with E-state index in [1.807, 2.05) is 26.8 Å². The highest BCUT2D eigenvalue weighted by molar-refractivity contribution is 6.74. The van der Waals surface area contributed by atoms with Crippen molar-refractivity contribution in [1.29, 1.82) is 0 Å². The highest BCUT2D eigenvalue weighted by Gasteiger charge is 2.50. The van der Waals surface area contributed by atoms with Crippen molar-refractivity contribution in [2.24, 2.45) is 0 Å². The van der Waals surface area contributed by atoms with Crippen molar-refractivity contribution in [2.45, 2.75) is 104 Å². The van der Waals surface area contributed by atoms with Crippen molar-refractivity contribution in [1.82, 2.24) is 19.4 Å². The van der Waals surface area contributed by atoms with Crippen molar-refractivity contribution in [3.05, 3.63) is 41.6 Å². The number of ether oxygens (including phenoxy) is 1. The molecule has 0 bridgehead atoms. The summed E-state index contributed by atoms with van der Waals surface area (Å²) >= 11 is 0. The van der Waals surface area contributed by atoms with E-state index in [-0.39, 0.29) is 16.9 Å². The van der Waals surface area contributed by atoms with Gasteiger partial charge in [0.1, 0.15) is 22.8 Å². The van der Waals surface area contributed by atoms with Gasteiger partial charge in [-0.05, 0) is 89.1 Å². The number of rotatable bonds is 7. The topological polar surface area (TPSA) is 59.8 Å². The lowest BCUT2D eigenvalue weighted by atomic mass is 9.90. The number of aromatic nitrogens is 2. The Hall–Kier alpha value is -2.23. The number of aryl methyl sites for hydroxylation is 1. The van der Waals surface area contributed by atoms with Gasteiger partial charge in [0.25, 0.3) is 0 Å². The molecule has 7 nitrogen and oxygen atoms in total. The average molecular weight is 573 g/mol. The van der Waals surface area contributed by atoms with E-state index >= 15 is 0 Å². The Balaban J connectivity index is 1.74. The first-order valence-electron chi connectivity index (χ1n) is 14.7. The Labute approximate surface area is 241 Å². The maximum Gasteiger partial charge on any atom is 0.410 e. The summed E-state index contributed by atoms with van der Waals surface area (Å²) in [5, 5.41) is 0.00819. The predicted octanol–water partition coefficient (Wildman–Crippen LogP) is 6.95. The minimum Gasteiger partial charge on any atom is -0.444 e. The predicted molar refractivity (Wildman–Crippen MR) is 160 cm³/mol. The SMILES string of the molecule is Cc1cc(-c2cn(CCN3CCC3)c(C3(O[Si](C)(C)C(C)(C)C)CCN(C(=O)OC(C)(C)C)CC3)n2)ccc1F. The van der Waals surface area contributed by atoms with Crippen LogP contribution in [0.5, 0.6) is 0 Å². The lowest BCUT2D eigenvalue weighted by Gasteiger charge is -2.48. The fourth-order valence-corrected chi connectivity index (χ4v) is 6.72. The van der Waals surface area contributed by atoms with Gasteiger partial charge in [-0.25, -0.2) is 14.2 Å². The van der Waals surface area contributed by atoms with Crippen LogP contribution in [0.3, 0.4) is 0 Å². The van der Waals surface area contributed by atoms with Crippen LogP contribution >= 0.6 is 0 Å². The molecule has 4 rings (SSSR count). The molecule has 0 radical (unpaired) electrons. The average Bonchev–Trinajstić information content (AvgIpc) is 3.23. The smallest absolute Gasteiger partial charge is 0.410 e. The Kier molecular flexibility index (Phi) is 8.61. The number of carbonyl (C=O) groups excluding carboxylic acids is 1. The van der Waals surface area contributed by atoms with Gasteiger partial charge in [0.05, 0.1) is 5.69 Å². The first-order valence-corrected chi connectivity index (χ1v) is 17.7. The lowest BCUT2D eigenvalue weighted by molar-refractivity contribution is -0.0342. The molecule has 1 aromatic carbocycles. The molecule has 2 aromatic rings. The van der Waals surface area contributed by atoms with Gasteiger partial charge >= 0.3 is 6.09 Å². The van der Waals surface area contributed by atoms with Crippen molar-refractivity contribution < 1.29 is 18.3 Å². The molecule has 222 valence electrons. The van der Waals surface area contributed by atoms with Gasteiger partial charge in [-0.3, -0.25) is 0 Å². The molecular weight excluding hydrogens is 523 g/mol. The molecule has 1 aromatic heterocycles. The third-order valence-electron chi connectivity index (χ3n) is 8.72. The molecule has 0 saturated carbocycles. The Morgan fingerprint density at radius 2 is 1.70 bits per heavy atom. The van der Waals surface area contributed by atoms with E-state index in [0.717, 1.165) is 43.3 Å². The van der Waals surface area contributed by atoms with Crippen molar-refractivity contribution in [3.8, 4) is 11.3 Å². The molecule has 0 N–H and O–H groups in total. The molecule has 0 spiro atoms. The molecule has 40 heavy (non-hydrogen) atoms. The van der Waals surface area contributed by atoms with Gasteiger partial charge in [0.2, 0.25) is 0 Å². The minimum absolute atomic E-state index is 0.00819. The molecule has 2 saturated heterocycles. The van der Waals surface area contributed by atoms with E-state index in [1.165, 1.54) is 12.5 Å². The van der Waals surface area contributed by atoms with Crippen LogP contribution in [0.1, 0.15) is 72.2 Å². The summed E-state index contributed by atoms with van der Waals surface area (Å²) < 4.78 is 29.4. The van der Waals surface area contributed by atoms with Crippen LogP contribution < -0.4 is 0 Å². The van der Waals surface area contributed by atoms with Gasteiger partial charge in [-0.15, -0.1) is 0 Å². The second-order valence-electron chi connectivity index (χ2n) is 14.1. The summed E-state index contributed by atoms with van der Waals surface area (Å²) in [7, 11) is -2.23. The van der Waals surface area contributed by atoms with Crippen LogP contribution in [0.2, 0.25) is 18.1 Å². The first kappa shape index (κ1) is 30.7. The number of imidazole rings is 1. The van der Waals surface area contributed by atoms with Crippen LogP contribution in [0.4, 0.5) is 9.18 Å². The number of piperidine rings is 1. The third kappa shape index (κ3) is 6.79. The zero-order chi connectivity index (χ0) is 29.5. The summed E-state index contributed by atoms with van der Waals surface area (Å²) in [5.41, 5.74) is 1.15. The van der Waals surface area contributed by atoms with Crippen molar-refractivity contribution in [3.63, 3.8) is 0 Å². The van der Waals surface area contributed by atoms with Crippen LogP contribution in [0.15, 0.2) is 24.4 Å². The maximum atomic E-state index is 14.1. The molecule has 0 aliphatic carbocycles. The van der Waals surface area contributed by atoms with E-state index in [2.05, 4.69) is 49.5 Å². The first-order chi connectivity index (χ1) is 18.5. The van der Waals surface area contributed by atoms with E-state index < -0.39 is 19.5 Å². The summed E-state index contributed by atoms with van der Waals surface area (Å²) in [6, 6.07) is 5.19. The molecule has 1 amide bonds. The molecule has 2 aliphatic rings. The zero-order valence-electron chi connectivity index (χ0n) is 26.1. The number of amides is 1. The second-order valence-corrected chi connectivity index (χ2v) is 18.9. The Morgan fingerprint density at radius 1 is 1.05 bits per heavy atom. The van der Waals surface area contributed by atoms with Crippen LogP contribution in [0.25, 0.3) is 11.3 Å². The molecule has 9 heteroatoms. The fourth-order valence-electron chi connectivity index (χ4n) is 5.14. The highest BCUT2D eigenvalue weighted by atomic mass is 28.4. The van der Waals surface area contributed by atoms with Crippen LogP contribution in [0, 0.1) is 12.7 Å². The van der Waals surface area contributed by atoms with E-state index in [4.69, 9.17) is 14.1 Å². The Morgan fingerprint density at radius 3 is 2.23 bits per heavy atom. The number of hydrogen-bond donors (Lipinski definition) is 0. The maximum absolute atomic E-state index is 14.1. The van der Waals surface area contributed by atoms with E-state index in [1.54, 1.807) is 17.9 Å². The van der Waals surface area contributed by atoms with Gasteiger partial charge < -0.3 is 23.5 Å². The molecular formula is C31H49FN4O3Si. The van der Waals surface area contributed by atoms with Gasteiger partial charge in [0, 0.05) is 50.8 Å². The fraction of sp³-hybridized carbons (Fsp3) is 0.677. The molecule has 0 unspecified atom stereocenters.